The van der Waals surface area contributed by atoms with E-state index in [-0.39, 0.29) is 17.2 Å². The molecule has 2 unspecified atom stereocenters. The summed E-state index contributed by atoms with van der Waals surface area (Å²) in [7, 11) is 4.44. The Morgan fingerprint density at radius 1 is 1.22 bits per heavy atom. The zero-order chi connectivity index (χ0) is 25.9. The smallest absolute Gasteiger partial charge is 0.222 e. The number of piperidine rings is 1. The lowest BCUT2D eigenvalue weighted by Gasteiger charge is -2.40. The third-order valence-corrected chi connectivity index (χ3v) is 8.90. The number of halogens is 1. The van der Waals surface area contributed by atoms with Gasteiger partial charge in [0.05, 0.1) is 10.9 Å². The number of nitrogens with one attached hydrogen (secondary N) is 2. The van der Waals surface area contributed by atoms with Gasteiger partial charge in [-0.1, -0.05) is 23.7 Å². The highest BCUT2D eigenvalue weighted by molar-refractivity contribution is 8.08. The Morgan fingerprint density at radius 2 is 1.97 bits per heavy atom. The summed E-state index contributed by atoms with van der Waals surface area (Å²) in [5.41, 5.74) is 3.65. The van der Waals surface area contributed by atoms with Crippen LogP contribution >= 0.6 is 23.4 Å². The summed E-state index contributed by atoms with van der Waals surface area (Å²) in [6.07, 6.45) is 6.42. The Hall–Kier alpha value is -2.72. The molecule has 0 spiro atoms. The van der Waals surface area contributed by atoms with Crippen molar-refractivity contribution in [2.24, 2.45) is 0 Å². The summed E-state index contributed by atoms with van der Waals surface area (Å²) in [5.74, 6) is 1.22. The van der Waals surface area contributed by atoms with E-state index in [1.807, 2.05) is 24.3 Å². The number of aromatic amines is 1. The first kappa shape index (κ1) is 25.9. The number of rotatable bonds is 7. The van der Waals surface area contributed by atoms with Crippen LogP contribution in [0.15, 0.2) is 54.5 Å². The number of hydrogen-bond donors (Lipinski definition) is 2. The van der Waals surface area contributed by atoms with Crippen molar-refractivity contribution in [3.63, 3.8) is 0 Å². The molecule has 1 amide bonds. The number of amides is 1. The zero-order valence-corrected chi connectivity index (χ0v) is 22.9. The summed E-state index contributed by atoms with van der Waals surface area (Å²) >= 11 is 8.08. The fourth-order valence-corrected chi connectivity index (χ4v) is 6.85. The van der Waals surface area contributed by atoms with E-state index in [9.17, 15) is 4.79 Å². The molecule has 2 aliphatic heterocycles. The number of hydrogen-bond acceptors (Lipinski definition) is 7. The molecule has 5 rings (SSSR count). The Bertz CT molecular complexity index is 1260. The van der Waals surface area contributed by atoms with Crippen LogP contribution in [0.2, 0.25) is 5.02 Å². The molecule has 2 aliphatic rings. The number of benzene rings is 1. The number of H-pyrrole nitrogens is 1. The van der Waals surface area contributed by atoms with Crippen molar-refractivity contribution >= 4 is 40.0 Å². The van der Waals surface area contributed by atoms with Crippen LogP contribution in [0.4, 0.5) is 5.82 Å². The Balaban J connectivity index is 1.54. The van der Waals surface area contributed by atoms with Gasteiger partial charge in [-0.3, -0.25) is 14.8 Å². The van der Waals surface area contributed by atoms with Crippen molar-refractivity contribution in [1.29, 1.82) is 0 Å². The SMILES string of the molecule is CC(=O)Nc1cc(C2CC(C(c3ccc(Cl)cc3)N(C)C3CCN(C)CC3)=C(c3ncn[nH]3)S2)ccn1. The van der Waals surface area contributed by atoms with E-state index < -0.39 is 0 Å². The molecule has 1 aromatic carbocycles. The van der Waals surface area contributed by atoms with E-state index in [0.29, 0.717) is 11.9 Å². The van der Waals surface area contributed by atoms with Crippen LogP contribution in [-0.4, -0.2) is 69.1 Å². The minimum absolute atomic E-state index is 0.0694. The normalized spacial score (nSPS) is 20.0. The Labute approximate surface area is 226 Å². The average molecular weight is 538 g/mol. The van der Waals surface area contributed by atoms with E-state index in [0.717, 1.165) is 53.7 Å². The molecular weight excluding hydrogens is 506 g/mol. The molecule has 0 radical (unpaired) electrons. The van der Waals surface area contributed by atoms with E-state index in [1.54, 1.807) is 24.3 Å². The summed E-state index contributed by atoms with van der Waals surface area (Å²) in [6, 6.07) is 12.8. The number of anilines is 1. The summed E-state index contributed by atoms with van der Waals surface area (Å²) in [4.78, 5) is 26.5. The van der Waals surface area contributed by atoms with E-state index >= 15 is 0 Å². The maximum Gasteiger partial charge on any atom is 0.222 e. The van der Waals surface area contributed by atoms with E-state index in [4.69, 9.17) is 11.6 Å². The molecule has 2 atom stereocenters. The van der Waals surface area contributed by atoms with Gasteiger partial charge in [-0.05, 0) is 87.4 Å². The number of likely N-dealkylation sites (N-methyl/N-ethyl adjacent to an activating group) is 1. The molecule has 2 N–H and O–H groups in total. The number of likely N-dealkylation sites (tertiary alicyclic amines) is 1. The molecule has 0 bridgehead atoms. The van der Waals surface area contributed by atoms with Gasteiger partial charge in [-0.25, -0.2) is 9.97 Å². The van der Waals surface area contributed by atoms with Gasteiger partial charge in [0.25, 0.3) is 0 Å². The highest BCUT2D eigenvalue weighted by Crippen LogP contribution is 2.55. The van der Waals surface area contributed by atoms with E-state index in [2.05, 4.69) is 61.5 Å². The molecule has 4 heterocycles. The summed E-state index contributed by atoms with van der Waals surface area (Å²) < 4.78 is 0. The second-order valence-electron chi connectivity index (χ2n) is 9.81. The number of pyridine rings is 1. The molecule has 0 aliphatic carbocycles. The first-order valence-corrected chi connectivity index (χ1v) is 13.8. The first-order valence-electron chi connectivity index (χ1n) is 12.5. The molecule has 8 nitrogen and oxygen atoms in total. The van der Waals surface area contributed by atoms with Crippen molar-refractivity contribution in [3.05, 3.63) is 76.5 Å². The quantitative estimate of drug-likeness (QED) is 0.430. The highest BCUT2D eigenvalue weighted by Gasteiger charge is 2.37. The van der Waals surface area contributed by atoms with Gasteiger partial charge in [-0.15, -0.1) is 11.8 Å². The number of thioether (sulfide) groups is 1. The molecule has 37 heavy (non-hydrogen) atoms. The largest absolute Gasteiger partial charge is 0.311 e. The van der Waals surface area contributed by atoms with Crippen molar-refractivity contribution < 1.29 is 4.79 Å². The average Bonchev–Trinajstić information content (AvgIpc) is 3.56. The topological polar surface area (TPSA) is 90.0 Å². The predicted octanol–water partition coefficient (Wildman–Crippen LogP) is 5.17. The summed E-state index contributed by atoms with van der Waals surface area (Å²) in [6.45, 7) is 3.68. The lowest BCUT2D eigenvalue weighted by atomic mass is 9.89. The minimum atomic E-state index is -0.132. The zero-order valence-electron chi connectivity index (χ0n) is 21.3. The second-order valence-corrected chi connectivity index (χ2v) is 11.5. The van der Waals surface area contributed by atoms with Crippen LogP contribution in [-0.2, 0) is 4.79 Å². The molecule has 0 saturated carbocycles. The van der Waals surface area contributed by atoms with Gasteiger partial charge in [0, 0.05) is 29.4 Å². The van der Waals surface area contributed by atoms with Gasteiger partial charge >= 0.3 is 0 Å². The molecule has 2 aromatic heterocycles. The third-order valence-electron chi connectivity index (χ3n) is 7.23. The van der Waals surface area contributed by atoms with Gasteiger partial charge in [0.2, 0.25) is 5.91 Å². The molecule has 1 saturated heterocycles. The molecular formula is C27H32ClN7OS. The van der Waals surface area contributed by atoms with Crippen molar-refractivity contribution in [2.45, 2.75) is 43.5 Å². The van der Waals surface area contributed by atoms with Gasteiger partial charge < -0.3 is 10.2 Å². The predicted molar refractivity (Wildman–Crippen MR) is 149 cm³/mol. The maximum atomic E-state index is 11.6. The van der Waals surface area contributed by atoms with Crippen LogP contribution in [0.1, 0.15) is 54.4 Å². The van der Waals surface area contributed by atoms with Crippen molar-refractivity contribution in [2.75, 3.05) is 32.5 Å². The molecule has 194 valence electrons. The van der Waals surface area contributed by atoms with Crippen LogP contribution in [0.25, 0.3) is 4.91 Å². The lowest BCUT2D eigenvalue weighted by molar-refractivity contribution is -0.114. The van der Waals surface area contributed by atoms with Crippen molar-refractivity contribution in [3.8, 4) is 0 Å². The van der Waals surface area contributed by atoms with Crippen LogP contribution in [0.5, 0.6) is 0 Å². The highest BCUT2D eigenvalue weighted by atomic mass is 35.5. The van der Waals surface area contributed by atoms with Crippen molar-refractivity contribution in [1.82, 2.24) is 30.0 Å². The number of nitrogens with zero attached hydrogens (tertiary/aromatic N) is 5. The molecule has 3 aromatic rings. The minimum Gasteiger partial charge on any atom is -0.311 e. The third kappa shape index (κ3) is 5.90. The maximum absolute atomic E-state index is 11.6. The monoisotopic (exact) mass is 537 g/mol. The first-order chi connectivity index (χ1) is 17.9. The van der Waals surface area contributed by atoms with Crippen LogP contribution < -0.4 is 5.32 Å². The Morgan fingerprint density at radius 3 is 2.65 bits per heavy atom. The second kappa shape index (κ2) is 11.3. The van der Waals surface area contributed by atoms with Gasteiger partial charge in [-0.2, -0.15) is 5.10 Å². The van der Waals surface area contributed by atoms with Crippen LogP contribution in [0.3, 0.4) is 0 Å². The Kier molecular flexibility index (Phi) is 7.95. The van der Waals surface area contributed by atoms with E-state index in [1.165, 1.54) is 18.1 Å². The molecule has 1 fully saturated rings. The number of carbonyl (C=O) groups is 1. The van der Waals surface area contributed by atoms with Crippen LogP contribution in [0, 0.1) is 0 Å². The molecule has 10 heteroatoms. The number of carbonyl (C=O) groups excluding carboxylic acids is 1. The summed E-state index contributed by atoms with van der Waals surface area (Å²) in [5, 5.41) is 11.0. The fraction of sp³-hybridized carbons (Fsp3) is 0.407. The number of aromatic nitrogens is 4. The fourth-order valence-electron chi connectivity index (χ4n) is 5.33. The lowest BCUT2D eigenvalue weighted by Crippen LogP contribution is -2.43. The van der Waals surface area contributed by atoms with Gasteiger partial charge in [0.1, 0.15) is 12.1 Å². The standard InChI is InChI=1S/C27H32ClN7OS/c1-17(36)32-24-14-19(8-11-29-24)23-15-22(26(37-23)27-30-16-31-33-27)25(18-4-6-20(28)7-5-18)35(3)21-9-12-34(2)13-10-21/h4-8,11,14,16,21,23,25H,9-10,12-13,15H2,1-3H3,(H,29,32,36)(H,30,31,33). The van der Waals surface area contributed by atoms with Gasteiger partial charge in [0.15, 0.2) is 5.82 Å².